The quantitative estimate of drug-likeness (QED) is 0.871. The van der Waals surface area contributed by atoms with Crippen LogP contribution in [-0.2, 0) is 6.54 Å². The Morgan fingerprint density at radius 1 is 1.12 bits per heavy atom. The molecule has 0 atom stereocenters. The van der Waals surface area contributed by atoms with Gasteiger partial charge in [0.1, 0.15) is 6.33 Å². The van der Waals surface area contributed by atoms with Crippen LogP contribution in [0.2, 0.25) is 0 Å². The summed E-state index contributed by atoms with van der Waals surface area (Å²) in [6, 6.07) is 10.4. The van der Waals surface area contributed by atoms with E-state index in [0.717, 1.165) is 17.9 Å². The van der Waals surface area contributed by atoms with Crippen LogP contribution in [0.25, 0.3) is 0 Å². The number of hydrogen-bond donors (Lipinski definition) is 1. The molecule has 0 amide bonds. The third-order valence-corrected chi connectivity index (χ3v) is 2.69. The number of nitrogens with one attached hydrogen (secondary N) is 1. The van der Waals surface area contributed by atoms with Crippen LogP contribution in [0.5, 0.6) is 0 Å². The fraction of sp³-hybridized carbons (Fsp3) is 0.286. The third-order valence-electron chi connectivity index (χ3n) is 2.69. The van der Waals surface area contributed by atoms with E-state index in [1.54, 1.807) is 12.5 Å². The summed E-state index contributed by atoms with van der Waals surface area (Å²) in [6.45, 7) is 5.12. The summed E-state index contributed by atoms with van der Waals surface area (Å²) in [4.78, 5) is 8.06. The van der Waals surface area contributed by atoms with Gasteiger partial charge in [-0.2, -0.15) is 0 Å². The number of rotatable bonds is 4. The maximum absolute atomic E-state index is 4.17. The lowest BCUT2D eigenvalue weighted by atomic mass is 10.0. The van der Waals surface area contributed by atoms with Gasteiger partial charge in [0.2, 0.25) is 0 Å². The molecular weight excluding hydrogens is 210 g/mol. The first-order valence-electron chi connectivity index (χ1n) is 5.84. The average molecular weight is 227 g/mol. The molecule has 2 rings (SSSR count). The molecular formula is C14H17N3. The molecule has 0 aliphatic carbocycles. The number of aromatic nitrogens is 2. The van der Waals surface area contributed by atoms with E-state index >= 15 is 0 Å². The Morgan fingerprint density at radius 2 is 1.88 bits per heavy atom. The van der Waals surface area contributed by atoms with E-state index in [2.05, 4.69) is 53.4 Å². The first-order valence-corrected chi connectivity index (χ1v) is 5.84. The highest BCUT2D eigenvalue weighted by molar-refractivity contribution is 5.45. The molecule has 1 heterocycles. The Bertz CT molecular complexity index is 449. The zero-order valence-corrected chi connectivity index (χ0v) is 10.2. The number of anilines is 1. The van der Waals surface area contributed by atoms with E-state index < -0.39 is 0 Å². The molecule has 0 aliphatic rings. The average Bonchev–Trinajstić information content (AvgIpc) is 2.38. The van der Waals surface area contributed by atoms with Gasteiger partial charge >= 0.3 is 0 Å². The lowest BCUT2D eigenvalue weighted by molar-refractivity contribution is 0.866. The number of nitrogens with zero attached hydrogens (tertiary/aromatic N) is 2. The van der Waals surface area contributed by atoms with Crippen LogP contribution in [0, 0.1) is 0 Å². The number of benzene rings is 1. The summed E-state index contributed by atoms with van der Waals surface area (Å²) in [5.41, 5.74) is 3.47. The maximum atomic E-state index is 4.17. The summed E-state index contributed by atoms with van der Waals surface area (Å²) < 4.78 is 0. The molecule has 17 heavy (non-hydrogen) atoms. The molecule has 0 fully saturated rings. The van der Waals surface area contributed by atoms with Crippen LogP contribution >= 0.6 is 0 Å². The fourth-order valence-electron chi connectivity index (χ4n) is 1.60. The second kappa shape index (κ2) is 5.43. The zero-order chi connectivity index (χ0) is 12.1. The molecule has 3 heteroatoms. The van der Waals surface area contributed by atoms with E-state index in [-0.39, 0.29) is 0 Å². The fourth-order valence-corrected chi connectivity index (χ4v) is 1.60. The van der Waals surface area contributed by atoms with E-state index in [1.807, 2.05) is 6.07 Å². The summed E-state index contributed by atoms with van der Waals surface area (Å²) in [5.74, 6) is 0.575. The zero-order valence-electron chi connectivity index (χ0n) is 10.2. The van der Waals surface area contributed by atoms with Crippen molar-refractivity contribution in [1.29, 1.82) is 0 Å². The van der Waals surface area contributed by atoms with Gasteiger partial charge in [-0.3, -0.25) is 0 Å². The predicted molar refractivity (Wildman–Crippen MR) is 69.9 cm³/mol. The molecule has 1 aromatic heterocycles. The first kappa shape index (κ1) is 11.6. The van der Waals surface area contributed by atoms with Gasteiger partial charge in [-0.1, -0.05) is 26.0 Å². The highest BCUT2D eigenvalue weighted by Gasteiger charge is 1.99. The van der Waals surface area contributed by atoms with Crippen molar-refractivity contribution >= 4 is 5.69 Å². The van der Waals surface area contributed by atoms with Crippen molar-refractivity contribution < 1.29 is 0 Å². The molecule has 0 saturated carbocycles. The standard InChI is InChI=1S/C14H17N3/c1-11(2)12-3-5-13(6-4-12)16-9-14-7-8-15-10-17-14/h3-8,10-11,16H,9H2,1-2H3. The molecule has 0 saturated heterocycles. The minimum atomic E-state index is 0.575. The summed E-state index contributed by atoms with van der Waals surface area (Å²) in [7, 11) is 0. The van der Waals surface area contributed by atoms with Crippen LogP contribution in [0.1, 0.15) is 31.0 Å². The molecule has 88 valence electrons. The van der Waals surface area contributed by atoms with E-state index in [0.29, 0.717) is 5.92 Å². The molecule has 0 bridgehead atoms. The van der Waals surface area contributed by atoms with Crippen molar-refractivity contribution in [2.75, 3.05) is 5.32 Å². The molecule has 0 aliphatic heterocycles. The Balaban J connectivity index is 1.96. The molecule has 0 unspecified atom stereocenters. The third kappa shape index (κ3) is 3.28. The van der Waals surface area contributed by atoms with Gasteiger partial charge in [0, 0.05) is 11.9 Å². The van der Waals surface area contributed by atoms with Crippen molar-refractivity contribution in [3.8, 4) is 0 Å². The molecule has 1 aromatic carbocycles. The second-order valence-corrected chi connectivity index (χ2v) is 4.33. The molecule has 0 spiro atoms. The largest absolute Gasteiger partial charge is 0.379 e. The normalized spacial score (nSPS) is 10.5. The highest BCUT2D eigenvalue weighted by atomic mass is 14.9. The Morgan fingerprint density at radius 3 is 2.47 bits per heavy atom. The molecule has 0 radical (unpaired) electrons. The van der Waals surface area contributed by atoms with Gasteiger partial charge in [-0.25, -0.2) is 9.97 Å². The lowest BCUT2D eigenvalue weighted by Crippen LogP contribution is -2.01. The minimum absolute atomic E-state index is 0.575. The highest BCUT2D eigenvalue weighted by Crippen LogP contribution is 2.17. The van der Waals surface area contributed by atoms with Crippen molar-refractivity contribution in [2.45, 2.75) is 26.3 Å². The lowest BCUT2D eigenvalue weighted by Gasteiger charge is -2.08. The Labute approximate surface area is 102 Å². The van der Waals surface area contributed by atoms with Crippen LogP contribution < -0.4 is 5.32 Å². The Hall–Kier alpha value is -1.90. The van der Waals surface area contributed by atoms with Crippen LogP contribution in [0.4, 0.5) is 5.69 Å². The van der Waals surface area contributed by atoms with Gasteiger partial charge < -0.3 is 5.32 Å². The van der Waals surface area contributed by atoms with Crippen molar-refractivity contribution in [3.05, 3.63) is 54.1 Å². The Kier molecular flexibility index (Phi) is 3.70. The van der Waals surface area contributed by atoms with Crippen LogP contribution in [0.3, 0.4) is 0 Å². The SMILES string of the molecule is CC(C)c1ccc(NCc2ccncn2)cc1. The van der Waals surface area contributed by atoms with Crippen LogP contribution in [-0.4, -0.2) is 9.97 Å². The summed E-state index contributed by atoms with van der Waals surface area (Å²) >= 11 is 0. The predicted octanol–water partition coefficient (Wildman–Crippen LogP) is 3.21. The van der Waals surface area contributed by atoms with Crippen LogP contribution in [0.15, 0.2) is 42.9 Å². The van der Waals surface area contributed by atoms with Crippen molar-refractivity contribution in [1.82, 2.24) is 9.97 Å². The van der Waals surface area contributed by atoms with Gasteiger partial charge in [-0.15, -0.1) is 0 Å². The maximum Gasteiger partial charge on any atom is 0.115 e. The van der Waals surface area contributed by atoms with Gasteiger partial charge in [0.05, 0.1) is 12.2 Å². The van der Waals surface area contributed by atoms with Gasteiger partial charge in [-0.05, 0) is 29.7 Å². The smallest absolute Gasteiger partial charge is 0.115 e. The van der Waals surface area contributed by atoms with Crippen molar-refractivity contribution in [2.24, 2.45) is 0 Å². The van der Waals surface area contributed by atoms with Crippen molar-refractivity contribution in [3.63, 3.8) is 0 Å². The second-order valence-electron chi connectivity index (χ2n) is 4.33. The van der Waals surface area contributed by atoms with Gasteiger partial charge in [0.15, 0.2) is 0 Å². The molecule has 2 aromatic rings. The number of hydrogen-bond acceptors (Lipinski definition) is 3. The van der Waals surface area contributed by atoms with E-state index in [9.17, 15) is 0 Å². The summed E-state index contributed by atoms with van der Waals surface area (Å²) in [5, 5.41) is 3.34. The molecule has 1 N–H and O–H groups in total. The summed E-state index contributed by atoms with van der Waals surface area (Å²) in [6.07, 6.45) is 3.32. The molecule has 3 nitrogen and oxygen atoms in total. The minimum Gasteiger partial charge on any atom is -0.379 e. The van der Waals surface area contributed by atoms with E-state index in [4.69, 9.17) is 0 Å². The van der Waals surface area contributed by atoms with Gasteiger partial charge in [0.25, 0.3) is 0 Å². The van der Waals surface area contributed by atoms with E-state index in [1.165, 1.54) is 5.56 Å². The topological polar surface area (TPSA) is 37.8 Å². The first-order chi connectivity index (χ1) is 8.25. The monoisotopic (exact) mass is 227 g/mol.